The van der Waals surface area contributed by atoms with Crippen molar-refractivity contribution in [3.05, 3.63) is 73.2 Å². The van der Waals surface area contributed by atoms with Gasteiger partial charge in [-0.25, -0.2) is 19.3 Å². The van der Waals surface area contributed by atoms with E-state index in [4.69, 9.17) is 9.72 Å². The number of ether oxygens (including phenoxy) is 1. The van der Waals surface area contributed by atoms with E-state index in [1.165, 1.54) is 12.1 Å². The molecule has 0 aliphatic carbocycles. The third kappa shape index (κ3) is 4.88. The zero-order valence-corrected chi connectivity index (χ0v) is 21.3. The van der Waals surface area contributed by atoms with E-state index >= 15 is 4.39 Å². The molecule has 11 nitrogen and oxygen atoms in total. The molecule has 2 aliphatic heterocycles. The summed E-state index contributed by atoms with van der Waals surface area (Å²) in [6.07, 6.45) is 8.83. The molecule has 0 unspecified atom stereocenters. The Bertz CT molecular complexity index is 1540. The highest BCUT2D eigenvalue weighted by atomic mass is 19.1. The van der Waals surface area contributed by atoms with Crippen LogP contribution in [0.25, 0.3) is 11.1 Å². The van der Waals surface area contributed by atoms with Crippen molar-refractivity contribution in [2.75, 3.05) is 36.4 Å². The number of amides is 1. The molecule has 0 bridgehead atoms. The number of anilines is 3. The lowest BCUT2D eigenvalue weighted by atomic mass is 9.79. The second-order valence-electron chi connectivity index (χ2n) is 9.84. The molecule has 5 heterocycles. The van der Waals surface area contributed by atoms with Crippen LogP contribution in [0.3, 0.4) is 0 Å². The van der Waals surface area contributed by atoms with Gasteiger partial charge < -0.3 is 19.9 Å². The van der Waals surface area contributed by atoms with Gasteiger partial charge in [0.25, 0.3) is 0 Å². The third-order valence-electron chi connectivity index (χ3n) is 7.02. The van der Waals surface area contributed by atoms with E-state index in [2.05, 4.69) is 41.9 Å². The van der Waals surface area contributed by atoms with Gasteiger partial charge in [-0.15, -0.1) is 0 Å². The fourth-order valence-electron chi connectivity index (χ4n) is 5.07. The zero-order valence-electron chi connectivity index (χ0n) is 21.3. The Kier molecular flexibility index (Phi) is 6.14. The summed E-state index contributed by atoms with van der Waals surface area (Å²) >= 11 is 0. The average Bonchev–Trinajstić information content (AvgIpc) is 3.59. The molecule has 0 atom stereocenters. The molecular weight excluding hydrogens is 501 g/mol. The minimum atomic E-state index is -0.557. The Balaban J connectivity index is 1.28. The number of hydrogen-bond donors (Lipinski definition) is 2. The largest absolute Gasteiger partial charge is 0.421 e. The number of carbonyl (C=O) groups excluding carboxylic acids is 1. The van der Waals surface area contributed by atoms with Crippen LogP contribution in [-0.2, 0) is 4.79 Å². The van der Waals surface area contributed by atoms with Crippen LogP contribution in [0.15, 0.2) is 61.7 Å². The zero-order chi connectivity index (χ0) is 27.0. The monoisotopic (exact) mass is 527 g/mol. The maximum atomic E-state index is 15.2. The Labute approximate surface area is 223 Å². The quantitative estimate of drug-likeness (QED) is 0.345. The van der Waals surface area contributed by atoms with Crippen LogP contribution in [0.1, 0.15) is 12.1 Å². The van der Waals surface area contributed by atoms with Gasteiger partial charge in [0.2, 0.25) is 11.9 Å². The van der Waals surface area contributed by atoms with Gasteiger partial charge >= 0.3 is 6.01 Å². The molecule has 2 aliphatic rings. The van der Waals surface area contributed by atoms with Crippen molar-refractivity contribution < 1.29 is 13.9 Å². The summed E-state index contributed by atoms with van der Waals surface area (Å²) in [6.45, 7) is 8.24. The minimum Gasteiger partial charge on any atom is -0.421 e. The van der Waals surface area contributed by atoms with Crippen molar-refractivity contribution in [3.8, 4) is 22.9 Å². The summed E-state index contributed by atoms with van der Waals surface area (Å²) in [6, 6.07) is 6.51. The molecule has 2 N–H and O–H groups in total. The first-order valence-electron chi connectivity index (χ1n) is 12.5. The molecular formula is C27H26FN9O2. The summed E-state index contributed by atoms with van der Waals surface area (Å²) in [5.41, 5.74) is 2.71. The molecule has 0 saturated carbocycles. The Hall–Kier alpha value is -4.87. The topological polar surface area (TPSA) is 125 Å². The Morgan fingerprint density at radius 2 is 2.08 bits per heavy atom. The first-order valence-corrected chi connectivity index (χ1v) is 12.5. The van der Waals surface area contributed by atoms with Gasteiger partial charge in [0, 0.05) is 61.4 Å². The van der Waals surface area contributed by atoms with Crippen molar-refractivity contribution in [3.63, 3.8) is 0 Å². The van der Waals surface area contributed by atoms with Crippen LogP contribution in [0.5, 0.6) is 11.8 Å². The highest BCUT2D eigenvalue weighted by Gasteiger charge is 2.49. The van der Waals surface area contributed by atoms with Crippen molar-refractivity contribution in [1.82, 2.24) is 35.0 Å². The normalized spacial score (nSPS) is 15.7. The van der Waals surface area contributed by atoms with E-state index < -0.39 is 5.82 Å². The molecule has 0 radical (unpaired) electrons. The van der Waals surface area contributed by atoms with Gasteiger partial charge in [-0.2, -0.15) is 10.1 Å². The molecule has 1 aromatic carbocycles. The van der Waals surface area contributed by atoms with Crippen LogP contribution in [-0.4, -0.2) is 67.1 Å². The van der Waals surface area contributed by atoms with Gasteiger partial charge in [-0.3, -0.25) is 9.89 Å². The number of nitrogens with zero attached hydrogens (tertiary/aromatic N) is 7. The fourth-order valence-corrected chi connectivity index (χ4v) is 5.07. The molecule has 1 amide bonds. The standard InChI is InChI=1S/C27H26FN9O2/c1-3-23(38)36-9-7-27(14-36)15-37(16-27)24-20(13-30-25(35-24)34-19-11-31-32-12-19)18-4-5-22(21(28)10-18)39-26-29-8-6-17(2)33-26/h3-6,8,10-13H,1,7,9,14-16H2,2H3,(H,31,32)(H,30,34,35). The smallest absolute Gasteiger partial charge is 0.322 e. The predicted molar refractivity (Wildman–Crippen MR) is 142 cm³/mol. The first-order chi connectivity index (χ1) is 18.9. The highest BCUT2D eigenvalue weighted by Crippen LogP contribution is 2.44. The second-order valence-corrected chi connectivity index (χ2v) is 9.84. The lowest BCUT2D eigenvalue weighted by Crippen LogP contribution is -2.58. The number of carbonyl (C=O) groups is 1. The maximum Gasteiger partial charge on any atom is 0.322 e. The minimum absolute atomic E-state index is 0.00416. The summed E-state index contributed by atoms with van der Waals surface area (Å²) in [5, 5.41) is 9.83. The molecule has 2 fully saturated rings. The number of hydrogen-bond acceptors (Lipinski definition) is 9. The fraction of sp³-hybridized carbons (Fsp3) is 0.259. The number of aromatic amines is 1. The predicted octanol–water partition coefficient (Wildman–Crippen LogP) is 3.86. The lowest BCUT2D eigenvalue weighted by molar-refractivity contribution is -0.125. The van der Waals surface area contributed by atoms with Crippen molar-refractivity contribution >= 4 is 23.4 Å². The van der Waals surface area contributed by atoms with E-state index in [0.717, 1.165) is 25.2 Å². The highest BCUT2D eigenvalue weighted by molar-refractivity contribution is 5.87. The number of halogens is 1. The molecule has 12 heteroatoms. The number of rotatable bonds is 7. The van der Waals surface area contributed by atoms with Gasteiger partial charge in [0.15, 0.2) is 11.6 Å². The molecule has 3 aromatic heterocycles. The van der Waals surface area contributed by atoms with Gasteiger partial charge in [-0.1, -0.05) is 12.6 Å². The molecule has 198 valence electrons. The lowest BCUT2D eigenvalue weighted by Gasteiger charge is -2.49. The number of H-pyrrole nitrogens is 1. The van der Waals surface area contributed by atoms with Crippen LogP contribution in [0, 0.1) is 18.2 Å². The molecule has 6 rings (SSSR count). The number of benzene rings is 1. The van der Waals surface area contributed by atoms with Gasteiger partial charge in [-0.05, 0) is 43.2 Å². The van der Waals surface area contributed by atoms with E-state index in [0.29, 0.717) is 41.7 Å². The van der Waals surface area contributed by atoms with Crippen molar-refractivity contribution in [2.24, 2.45) is 5.41 Å². The van der Waals surface area contributed by atoms with Crippen LogP contribution in [0.4, 0.5) is 21.8 Å². The summed E-state index contributed by atoms with van der Waals surface area (Å²) in [7, 11) is 0. The van der Waals surface area contributed by atoms with Crippen LogP contribution in [0.2, 0.25) is 0 Å². The molecule has 1 spiro atoms. The second kappa shape index (κ2) is 9.78. The van der Waals surface area contributed by atoms with Gasteiger partial charge in [0.1, 0.15) is 5.82 Å². The third-order valence-corrected chi connectivity index (χ3v) is 7.02. The number of aryl methyl sites for hydroxylation is 1. The maximum absolute atomic E-state index is 15.2. The Morgan fingerprint density at radius 1 is 1.21 bits per heavy atom. The van der Waals surface area contributed by atoms with Crippen molar-refractivity contribution in [2.45, 2.75) is 13.3 Å². The van der Waals surface area contributed by atoms with Crippen LogP contribution >= 0.6 is 0 Å². The van der Waals surface area contributed by atoms with E-state index in [9.17, 15) is 4.79 Å². The average molecular weight is 528 g/mol. The van der Waals surface area contributed by atoms with Gasteiger partial charge in [0.05, 0.1) is 11.9 Å². The first kappa shape index (κ1) is 24.5. The van der Waals surface area contributed by atoms with E-state index in [-0.39, 0.29) is 23.1 Å². The number of likely N-dealkylation sites (tertiary alicyclic amines) is 1. The summed E-state index contributed by atoms with van der Waals surface area (Å²) < 4.78 is 20.7. The Morgan fingerprint density at radius 3 is 2.82 bits per heavy atom. The SMILES string of the molecule is C=CC(=O)N1CCC2(C1)CN(c1nc(Nc3cn[nH]c3)ncc1-c1ccc(Oc3nccc(C)n3)c(F)c1)C2. The molecule has 4 aromatic rings. The number of nitrogens with one attached hydrogen (secondary N) is 2. The number of aromatic nitrogens is 6. The van der Waals surface area contributed by atoms with Crippen molar-refractivity contribution in [1.29, 1.82) is 0 Å². The van der Waals surface area contributed by atoms with E-state index in [1.54, 1.807) is 49.9 Å². The molecule has 39 heavy (non-hydrogen) atoms. The van der Waals surface area contributed by atoms with E-state index in [1.807, 2.05) is 4.90 Å². The summed E-state index contributed by atoms with van der Waals surface area (Å²) in [5.74, 6) is 0.478. The van der Waals surface area contributed by atoms with Crippen LogP contribution < -0.4 is 15.0 Å². The summed E-state index contributed by atoms with van der Waals surface area (Å²) in [4.78, 5) is 33.6. The molecule has 2 saturated heterocycles.